The lowest BCUT2D eigenvalue weighted by Gasteiger charge is -2.32. The highest BCUT2D eigenvalue weighted by molar-refractivity contribution is 5.79. The van der Waals surface area contributed by atoms with Crippen LogP contribution in [0.25, 0.3) is 0 Å². The summed E-state index contributed by atoms with van der Waals surface area (Å²) in [5.41, 5.74) is 0. The van der Waals surface area contributed by atoms with Crippen LogP contribution < -0.4 is 0 Å². The molecule has 1 saturated heterocycles. The number of imidazole rings is 1. The van der Waals surface area contributed by atoms with E-state index >= 15 is 0 Å². The predicted octanol–water partition coefficient (Wildman–Crippen LogP) is 1.78. The van der Waals surface area contributed by atoms with Crippen molar-refractivity contribution in [3.05, 3.63) is 18.2 Å². The van der Waals surface area contributed by atoms with Crippen molar-refractivity contribution in [1.82, 2.24) is 19.4 Å². The van der Waals surface area contributed by atoms with Gasteiger partial charge in [-0.05, 0) is 38.1 Å². The Bertz CT molecular complexity index is 551. The molecule has 23 heavy (non-hydrogen) atoms. The van der Waals surface area contributed by atoms with Crippen LogP contribution in [-0.4, -0.2) is 58.0 Å². The van der Waals surface area contributed by atoms with Crippen molar-refractivity contribution in [2.75, 3.05) is 32.7 Å². The van der Waals surface area contributed by atoms with Crippen LogP contribution in [-0.2, 0) is 17.8 Å². The number of rotatable bonds is 3. The summed E-state index contributed by atoms with van der Waals surface area (Å²) in [6.07, 6.45) is 11.1. The van der Waals surface area contributed by atoms with Gasteiger partial charge in [-0.3, -0.25) is 4.79 Å². The molecule has 5 heteroatoms. The molecule has 0 radical (unpaired) electrons. The number of amides is 1. The monoisotopic (exact) mass is 316 g/mol. The minimum Gasteiger partial charge on any atom is -0.341 e. The van der Waals surface area contributed by atoms with Crippen LogP contribution in [0.5, 0.6) is 0 Å². The Balaban J connectivity index is 1.32. The van der Waals surface area contributed by atoms with Gasteiger partial charge in [-0.1, -0.05) is 6.42 Å². The van der Waals surface area contributed by atoms with Crippen molar-refractivity contribution in [2.24, 2.45) is 11.8 Å². The van der Waals surface area contributed by atoms with E-state index in [1.807, 2.05) is 12.4 Å². The molecule has 0 bridgehead atoms. The van der Waals surface area contributed by atoms with Gasteiger partial charge in [0.25, 0.3) is 0 Å². The molecule has 3 heterocycles. The number of aryl methyl sites for hydroxylation is 1. The quantitative estimate of drug-likeness (QED) is 0.853. The van der Waals surface area contributed by atoms with Gasteiger partial charge in [0.2, 0.25) is 5.91 Å². The second-order valence-corrected chi connectivity index (χ2v) is 7.51. The minimum atomic E-state index is 0.148. The lowest BCUT2D eigenvalue weighted by Crippen LogP contribution is -2.42. The van der Waals surface area contributed by atoms with Crippen LogP contribution in [0.3, 0.4) is 0 Å². The third-order valence-electron chi connectivity index (χ3n) is 5.93. The molecular weight excluding hydrogens is 288 g/mol. The van der Waals surface area contributed by atoms with Gasteiger partial charge in [-0.2, -0.15) is 0 Å². The molecule has 1 aliphatic carbocycles. The first kappa shape index (κ1) is 15.2. The summed E-state index contributed by atoms with van der Waals surface area (Å²) < 4.78 is 2.16. The number of carbonyl (C=O) groups excluding carboxylic acids is 1. The van der Waals surface area contributed by atoms with E-state index in [1.54, 1.807) is 0 Å². The average Bonchev–Trinajstić information content (AvgIpc) is 2.87. The molecule has 126 valence electrons. The fourth-order valence-corrected chi connectivity index (χ4v) is 4.24. The molecule has 2 aliphatic heterocycles. The van der Waals surface area contributed by atoms with E-state index in [0.717, 1.165) is 63.7 Å². The molecule has 1 amide bonds. The first-order chi connectivity index (χ1) is 11.3. The Morgan fingerprint density at radius 2 is 2.04 bits per heavy atom. The van der Waals surface area contributed by atoms with E-state index in [2.05, 4.69) is 19.4 Å². The zero-order chi connectivity index (χ0) is 15.6. The molecule has 0 spiro atoms. The van der Waals surface area contributed by atoms with Gasteiger partial charge < -0.3 is 14.4 Å². The highest BCUT2D eigenvalue weighted by Gasteiger charge is 2.30. The number of fused-ring (bicyclic) bond motifs is 1. The van der Waals surface area contributed by atoms with E-state index in [4.69, 9.17) is 0 Å². The van der Waals surface area contributed by atoms with Gasteiger partial charge in [0.15, 0.2) is 0 Å². The van der Waals surface area contributed by atoms with Crippen molar-refractivity contribution in [3.8, 4) is 0 Å². The number of carbonyl (C=O) groups is 1. The normalized spacial score (nSPS) is 26.4. The summed E-state index contributed by atoms with van der Waals surface area (Å²) >= 11 is 0. The predicted molar refractivity (Wildman–Crippen MR) is 89.0 cm³/mol. The molecule has 0 N–H and O–H groups in total. The highest BCUT2D eigenvalue weighted by atomic mass is 16.2. The van der Waals surface area contributed by atoms with Crippen LogP contribution >= 0.6 is 0 Å². The van der Waals surface area contributed by atoms with E-state index in [0.29, 0.717) is 5.91 Å². The van der Waals surface area contributed by atoms with Gasteiger partial charge in [-0.25, -0.2) is 4.98 Å². The van der Waals surface area contributed by atoms with E-state index in [9.17, 15) is 4.79 Å². The molecule has 5 nitrogen and oxygen atoms in total. The molecular formula is C18H28N4O. The fraction of sp³-hybridized carbons (Fsp3) is 0.778. The second-order valence-electron chi connectivity index (χ2n) is 7.51. The van der Waals surface area contributed by atoms with Crippen molar-refractivity contribution >= 4 is 5.91 Å². The average molecular weight is 316 g/mol. The zero-order valence-corrected chi connectivity index (χ0v) is 14.0. The first-order valence-electron chi connectivity index (χ1n) is 9.31. The third kappa shape index (κ3) is 3.30. The number of hydrogen-bond acceptors (Lipinski definition) is 3. The molecule has 1 aromatic rings. The fourth-order valence-electron chi connectivity index (χ4n) is 4.24. The lowest BCUT2D eigenvalue weighted by molar-refractivity contribution is -0.136. The molecule has 0 aromatic carbocycles. The van der Waals surface area contributed by atoms with Crippen molar-refractivity contribution < 1.29 is 4.79 Å². The standard InChI is InChI=1S/C18H28N4O/c23-18(16-5-6-17-19-7-10-22(17)14-16)21-9-2-8-20(11-12-21)13-15-3-1-4-15/h7,10,15-16H,1-6,8-9,11-14H2/t16-/m0/s1. The first-order valence-corrected chi connectivity index (χ1v) is 9.31. The zero-order valence-electron chi connectivity index (χ0n) is 14.0. The van der Waals surface area contributed by atoms with Gasteiger partial charge in [0.05, 0.1) is 5.92 Å². The maximum atomic E-state index is 12.9. The van der Waals surface area contributed by atoms with Crippen molar-refractivity contribution in [2.45, 2.75) is 45.1 Å². The lowest BCUT2D eigenvalue weighted by atomic mass is 9.85. The third-order valence-corrected chi connectivity index (χ3v) is 5.93. The van der Waals surface area contributed by atoms with Crippen LogP contribution in [0.4, 0.5) is 0 Å². The SMILES string of the molecule is O=C([C@H]1CCc2nccn2C1)N1CCCN(CC2CCC2)CC1. The summed E-state index contributed by atoms with van der Waals surface area (Å²) in [5.74, 6) is 2.58. The van der Waals surface area contributed by atoms with Gasteiger partial charge >= 0.3 is 0 Å². The number of hydrogen-bond donors (Lipinski definition) is 0. The van der Waals surface area contributed by atoms with Gasteiger partial charge in [-0.15, -0.1) is 0 Å². The van der Waals surface area contributed by atoms with Crippen LogP contribution in [0.15, 0.2) is 12.4 Å². The maximum absolute atomic E-state index is 12.9. The van der Waals surface area contributed by atoms with E-state index in [-0.39, 0.29) is 5.92 Å². The molecule has 0 unspecified atom stereocenters. The van der Waals surface area contributed by atoms with Gasteiger partial charge in [0, 0.05) is 51.5 Å². The Kier molecular flexibility index (Phi) is 4.38. The van der Waals surface area contributed by atoms with Crippen LogP contribution in [0.1, 0.15) is 37.9 Å². The molecule has 1 aromatic heterocycles. The van der Waals surface area contributed by atoms with E-state index < -0.39 is 0 Å². The molecule has 3 aliphatic rings. The Hall–Kier alpha value is -1.36. The Morgan fingerprint density at radius 3 is 2.87 bits per heavy atom. The smallest absolute Gasteiger partial charge is 0.227 e. The topological polar surface area (TPSA) is 41.4 Å². The second kappa shape index (κ2) is 6.63. The molecule has 4 rings (SSSR count). The summed E-state index contributed by atoms with van der Waals surface area (Å²) in [4.78, 5) is 22.0. The number of nitrogens with zero attached hydrogens (tertiary/aromatic N) is 4. The molecule has 1 saturated carbocycles. The van der Waals surface area contributed by atoms with Crippen LogP contribution in [0, 0.1) is 11.8 Å². The van der Waals surface area contributed by atoms with Crippen LogP contribution in [0.2, 0.25) is 0 Å². The largest absolute Gasteiger partial charge is 0.341 e. The van der Waals surface area contributed by atoms with E-state index in [1.165, 1.54) is 25.8 Å². The maximum Gasteiger partial charge on any atom is 0.227 e. The summed E-state index contributed by atoms with van der Waals surface area (Å²) in [7, 11) is 0. The Morgan fingerprint density at radius 1 is 1.13 bits per heavy atom. The van der Waals surface area contributed by atoms with Crippen molar-refractivity contribution in [1.29, 1.82) is 0 Å². The molecule has 1 atom stereocenters. The highest BCUT2D eigenvalue weighted by Crippen LogP contribution is 2.27. The summed E-state index contributed by atoms with van der Waals surface area (Å²) in [5, 5.41) is 0. The van der Waals surface area contributed by atoms with Gasteiger partial charge in [0.1, 0.15) is 5.82 Å². The van der Waals surface area contributed by atoms with Crippen molar-refractivity contribution in [3.63, 3.8) is 0 Å². The minimum absolute atomic E-state index is 0.148. The Labute approximate surface area is 138 Å². The summed E-state index contributed by atoms with van der Waals surface area (Å²) in [6, 6.07) is 0. The molecule has 2 fully saturated rings. The number of aromatic nitrogens is 2. The summed E-state index contributed by atoms with van der Waals surface area (Å²) in [6.45, 7) is 6.15.